The van der Waals surface area contributed by atoms with Crippen molar-refractivity contribution in [2.24, 2.45) is 0 Å². The minimum Gasteiger partial charge on any atom is -0.481 e. The first kappa shape index (κ1) is 24.7. The molecule has 192 valence electrons. The van der Waals surface area contributed by atoms with Crippen molar-refractivity contribution in [3.05, 3.63) is 106 Å². The average molecular weight is 522 g/mol. The topological polar surface area (TPSA) is 35.5 Å². The van der Waals surface area contributed by atoms with Crippen molar-refractivity contribution < 1.29 is 14.3 Å². The highest BCUT2D eigenvalue weighted by Gasteiger charge is 2.39. The highest BCUT2D eigenvalue weighted by molar-refractivity contribution is 7.45. The molecule has 0 radical (unpaired) electrons. The summed E-state index contributed by atoms with van der Waals surface area (Å²) in [6.07, 6.45) is 3.81. The van der Waals surface area contributed by atoms with E-state index in [1.165, 1.54) is 30.6 Å². The molecule has 0 amide bonds. The van der Waals surface area contributed by atoms with E-state index in [-0.39, 0.29) is 23.0 Å². The van der Waals surface area contributed by atoms with Crippen molar-refractivity contribution in [1.29, 1.82) is 0 Å². The van der Waals surface area contributed by atoms with E-state index >= 15 is 0 Å². The van der Waals surface area contributed by atoms with Crippen LogP contribution in [0.3, 0.4) is 0 Å². The molecule has 0 aliphatic heterocycles. The number of hydrogen-bond donors (Lipinski definition) is 0. The van der Waals surface area contributed by atoms with Gasteiger partial charge in [0.25, 0.3) is 0 Å². The van der Waals surface area contributed by atoms with Crippen molar-refractivity contribution in [3.63, 3.8) is 0 Å². The van der Waals surface area contributed by atoms with Crippen molar-refractivity contribution >= 4 is 37.3 Å². The van der Waals surface area contributed by atoms with Crippen LogP contribution in [-0.4, -0.2) is 12.6 Å². The lowest BCUT2D eigenvalue weighted by Gasteiger charge is -2.30. The highest BCUT2D eigenvalue weighted by atomic mass is 32.2. The van der Waals surface area contributed by atoms with Crippen molar-refractivity contribution in [2.75, 3.05) is 6.61 Å². The molecule has 4 heteroatoms. The van der Waals surface area contributed by atoms with Gasteiger partial charge >= 0.3 is 5.97 Å². The predicted octanol–water partition coefficient (Wildman–Crippen LogP) is 9.05. The minimum atomic E-state index is -0.570. The number of thiophene rings is 1. The van der Waals surface area contributed by atoms with Crippen LogP contribution in [-0.2, 0) is 15.1 Å². The Morgan fingerprint density at radius 2 is 1.45 bits per heavy atom. The third-order valence-electron chi connectivity index (χ3n) is 7.82. The summed E-state index contributed by atoms with van der Waals surface area (Å²) in [5.74, 6) is 0.461. The van der Waals surface area contributed by atoms with Crippen molar-refractivity contribution in [3.8, 4) is 10.6 Å². The smallest absolute Gasteiger partial charge is 0.345 e. The Hall–Kier alpha value is -3.63. The lowest BCUT2D eigenvalue weighted by atomic mass is 9.90. The lowest BCUT2D eigenvalue weighted by molar-refractivity contribution is -0.163. The first-order chi connectivity index (χ1) is 18.4. The molecule has 5 aromatic rings. The molecular formula is C34H33O3S+. The fourth-order valence-corrected chi connectivity index (χ4v) is 8.44. The van der Waals surface area contributed by atoms with Crippen LogP contribution in [0, 0.1) is 20.8 Å². The number of ether oxygens (including phenoxy) is 2. The molecule has 1 aromatic heterocycles. The van der Waals surface area contributed by atoms with Gasteiger partial charge in [-0.25, -0.2) is 4.79 Å². The molecule has 6 rings (SSSR count). The molecule has 0 N–H and O–H groups in total. The Kier molecular flexibility index (Phi) is 6.45. The number of carbonyl (C=O) groups excluding carboxylic acids is 1. The number of rotatable bonds is 6. The fourth-order valence-electron chi connectivity index (χ4n) is 6.05. The van der Waals surface area contributed by atoms with E-state index in [2.05, 4.69) is 93.6 Å². The monoisotopic (exact) mass is 521 g/mol. The van der Waals surface area contributed by atoms with E-state index in [0.717, 1.165) is 48.1 Å². The second kappa shape index (κ2) is 9.92. The van der Waals surface area contributed by atoms with Crippen molar-refractivity contribution in [1.82, 2.24) is 0 Å². The molecule has 1 heterocycles. The maximum Gasteiger partial charge on any atom is 0.345 e. The maximum atomic E-state index is 13.1. The third-order valence-corrected chi connectivity index (χ3v) is 10.1. The van der Waals surface area contributed by atoms with Crippen LogP contribution in [0.2, 0.25) is 0 Å². The van der Waals surface area contributed by atoms with Crippen LogP contribution in [0.25, 0.3) is 25.8 Å². The molecule has 38 heavy (non-hydrogen) atoms. The summed E-state index contributed by atoms with van der Waals surface area (Å²) in [4.78, 5) is 15.8. The number of hydrogen-bond acceptors (Lipinski definition) is 3. The summed E-state index contributed by atoms with van der Waals surface area (Å²) >= 11 is 0. The van der Waals surface area contributed by atoms with Crippen LogP contribution >= 0.6 is 10.5 Å². The molecule has 1 atom stereocenters. The van der Waals surface area contributed by atoms with Gasteiger partial charge in [-0.05, 0) is 85.2 Å². The molecule has 3 nitrogen and oxygen atoms in total. The lowest BCUT2D eigenvalue weighted by Crippen LogP contribution is -2.32. The Bertz CT molecular complexity index is 1630. The van der Waals surface area contributed by atoms with Crippen LogP contribution in [0.5, 0.6) is 5.75 Å². The molecule has 1 aliphatic rings. The Labute approximate surface area is 227 Å². The number of carbonyl (C=O) groups is 1. The summed E-state index contributed by atoms with van der Waals surface area (Å²) in [5.41, 5.74) is 2.60. The zero-order valence-corrected chi connectivity index (χ0v) is 23.1. The van der Waals surface area contributed by atoms with Crippen molar-refractivity contribution in [2.45, 2.75) is 52.1 Å². The molecular weight excluding hydrogens is 488 g/mol. The Morgan fingerprint density at radius 3 is 2.18 bits per heavy atom. The highest BCUT2D eigenvalue weighted by Crippen LogP contribution is 2.46. The van der Waals surface area contributed by atoms with Crippen LogP contribution in [0.1, 0.15) is 47.3 Å². The van der Waals surface area contributed by atoms with Gasteiger partial charge in [-0.3, -0.25) is 0 Å². The summed E-state index contributed by atoms with van der Waals surface area (Å²) < 4.78 is 13.7. The van der Waals surface area contributed by atoms with Gasteiger partial charge in [0.15, 0.2) is 21.1 Å². The first-order valence-corrected chi connectivity index (χ1v) is 14.6. The third kappa shape index (κ3) is 4.48. The minimum absolute atomic E-state index is 0.0784. The summed E-state index contributed by atoms with van der Waals surface area (Å²) in [7, 11) is -0.0784. The summed E-state index contributed by atoms with van der Waals surface area (Å²) in [6, 6.07) is 30.1. The predicted molar refractivity (Wildman–Crippen MR) is 158 cm³/mol. The van der Waals surface area contributed by atoms with E-state index in [1.807, 2.05) is 12.1 Å². The molecule has 1 unspecified atom stereocenters. The molecule has 1 aliphatic carbocycles. The molecule has 4 aromatic carbocycles. The second-order valence-corrected chi connectivity index (χ2v) is 12.7. The van der Waals surface area contributed by atoms with Crippen LogP contribution in [0.15, 0.2) is 84.9 Å². The fraction of sp³-hybridized carbons (Fsp3) is 0.265. The van der Waals surface area contributed by atoms with Gasteiger partial charge in [-0.15, -0.1) is 0 Å². The van der Waals surface area contributed by atoms with Gasteiger partial charge < -0.3 is 9.47 Å². The van der Waals surface area contributed by atoms with E-state index in [9.17, 15) is 4.79 Å². The van der Waals surface area contributed by atoms with E-state index in [4.69, 9.17) is 9.47 Å². The van der Waals surface area contributed by atoms with Gasteiger partial charge in [0.1, 0.15) is 11.4 Å². The Morgan fingerprint density at radius 1 is 0.789 bits per heavy atom. The number of esters is 1. The summed E-state index contributed by atoms with van der Waals surface area (Å²) in [5, 5.41) is 3.67. The first-order valence-electron chi connectivity index (χ1n) is 13.4. The number of fused-ring (bicyclic) bond motifs is 2. The maximum absolute atomic E-state index is 13.1. The number of benzene rings is 4. The molecule has 1 saturated carbocycles. The quantitative estimate of drug-likeness (QED) is 0.165. The second-order valence-electron chi connectivity index (χ2n) is 10.5. The van der Waals surface area contributed by atoms with Crippen LogP contribution < -0.4 is 4.74 Å². The molecule has 0 spiro atoms. The van der Waals surface area contributed by atoms with Crippen LogP contribution in [0.4, 0.5) is 0 Å². The van der Waals surface area contributed by atoms with E-state index in [1.54, 1.807) is 0 Å². The van der Waals surface area contributed by atoms with Gasteiger partial charge in [0.2, 0.25) is 0 Å². The Balaban J connectivity index is 1.21. The normalized spacial score (nSPS) is 15.2. The molecule has 0 saturated heterocycles. The zero-order chi connectivity index (χ0) is 26.3. The van der Waals surface area contributed by atoms with Gasteiger partial charge in [0.05, 0.1) is 0 Å². The largest absolute Gasteiger partial charge is 0.481 e. The van der Waals surface area contributed by atoms with Gasteiger partial charge in [0, 0.05) is 41.0 Å². The van der Waals surface area contributed by atoms with Gasteiger partial charge in [-0.1, -0.05) is 48.5 Å². The van der Waals surface area contributed by atoms with E-state index in [0.29, 0.717) is 0 Å². The van der Waals surface area contributed by atoms with Gasteiger partial charge in [-0.2, -0.15) is 0 Å². The average Bonchev–Trinajstić information content (AvgIpc) is 3.52. The molecule has 0 bridgehead atoms. The number of aryl methyl sites for hydroxylation is 3. The zero-order valence-electron chi connectivity index (χ0n) is 22.3. The summed E-state index contributed by atoms with van der Waals surface area (Å²) in [6.45, 7) is 6.25. The SMILES string of the molecule is Cc1cc(-[s+]2c(C)cc3ccccc32)cc(C)c1OCC(=O)OC1(c2ccc3ccccc3c2)CCCC1. The molecule has 1 fully saturated rings. The van der Waals surface area contributed by atoms with E-state index < -0.39 is 5.60 Å². The standard InChI is InChI=1S/C34H33O3S/c1-23-18-30(38-25(3)20-28-12-6-7-13-31(28)38)19-24(2)33(23)36-22-32(35)37-34(16-8-9-17-34)29-15-14-26-10-4-5-11-27(26)21-29/h4-7,10-15,18-21H,8-9,16-17,22H2,1-3H3/q+1.